The van der Waals surface area contributed by atoms with E-state index in [-0.39, 0.29) is 11.8 Å². The second kappa shape index (κ2) is 9.15. The van der Waals surface area contributed by atoms with Crippen molar-refractivity contribution in [1.82, 2.24) is 10.2 Å². The fourth-order valence-corrected chi connectivity index (χ4v) is 2.78. The van der Waals surface area contributed by atoms with Gasteiger partial charge in [-0.1, -0.05) is 42.0 Å². The van der Waals surface area contributed by atoms with E-state index in [1.165, 1.54) is 5.56 Å². The maximum Gasteiger partial charge on any atom is 0.277 e. The summed E-state index contributed by atoms with van der Waals surface area (Å²) in [7, 11) is 5.46. The number of aryl methyl sites for hydroxylation is 1. The molecule has 2 amide bonds. The van der Waals surface area contributed by atoms with Crippen LogP contribution in [-0.2, 0) is 17.9 Å². The summed E-state index contributed by atoms with van der Waals surface area (Å²) in [5.74, 6) is 0.0233. The fraction of sp³-hybridized carbons (Fsp3) is 0.333. The van der Waals surface area contributed by atoms with Crippen LogP contribution in [0.1, 0.15) is 27.0 Å². The third kappa shape index (κ3) is 5.70. The SMILES string of the molecule is CNC(=O)c1ccc(C[NH+](C)CC(=O)N(C)Cc2ccc(C)cc2)cc1. The normalized spacial score (nSPS) is 11.7. The van der Waals surface area contributed by atoms with Crippen LogP contribution < -0.4 is 10.2 Å². The summed E-state index contributed by atoms with van der Waals surface area (Å²) >= 11 is 0. The van der Waals surface area contributed by atoms with E-state index in [2.05, 4.69) is 36.5 Å². The van der Waals surface area contributed by atoms with Gasteiger partial charge in [-0.05, 0) is 24.6 Å². The Morgan fingerprint density at radius 2 is 1.58 bits per heavy atom. The minimum atomic E-state index is -0.0924. The van der Waals surface area contributed by atoms with E-state index in [1.54, 1.807) is 11.9 Å². The number of hydrogen-bond acceptors (Lipinski definition) is 2. The molecule has 2 rings (SSSR count). The van der Waals surface area contributed by atoms with E-state index in [0.717, 1.165) is 22.6 Å². The fourth-order valence-electron chi connectivity index (χ4n) is 2.78. The van der Waals surface area contributed by atoms with Crippen LogP contribution in [0.4, 0.5) is 0 Å². The van der Waals surface area contributed by atoms with Gasteiger partial charge >= 0.3 is 0 Å². The number of nitrogens with zero attached hydrogens (tertiary/aromatic N) is 1. The molecule has 5 nitrogen and oxygen atoms in total. The summed E-state index contributed by atoms with van der Waals surface area (Å²) < 4.78 is 0. The van der Waals surface area contributed by atoms with Crippen molar-refractivity contribution in [2.75, 3.05) is 27.7 Å². The monoisotopic (exact) mass is 354 g/mol. The lowest BCUT2D eigenvalue weighted by Gasteiger charge is -2.20. The predicted octanol–water partition coefficient (Wildman–Crippen LogP) is 1.03. The molecule has 0 aromatic heterocycles. The van der Waals surface area contributed by atoms with Gasteiger partial charge in [-0.15, -0.1) is 0 Å². The van der Waals surface area contributed by atoms with Gasteiger partial charge in [-0.3, -0.25) is 9.59 Å². The first kappa shape index (κ1) is 19.7. The van der Waals surface area contributed by atoms with E-state index in [9.17, 15) is 9.59 Å². The van der Waals surface area contributed by atoms with Gasteiger partial charge in [0.25, 0.3) is 11.8 Å². The lowest BCUT2D eigenvalue weighted by atomic mass is 10.1. The number of carbonyl (C=O) groups is 2. The molecule has 0 saturated carbocycles. The maximum absolute atomic E-state index is 12.4. The van der Waals surface area contributed by atoms with Crippen molar-refractivity contribution in [1.29, 1.82) is 0 Å². The number of benzene rings is 2. The van der Waals surface area contributed by atoms with E-state index in [1.807, 2.05) is 38.4 Å². The molecule has 5 heteroatoms. The summed E-state index contributed by atoms with van der Waals surface area (Å²) in [5.41, 5.74) is 4.09. The van der Waals surface area contributed by atoms with Crippen molar-refractivity contribution in [3.05, 3.63) is 70.8 Å². The second-order valence-corrected chi connectivity index (χ2v) is 6.82. The van der Waals surface area contributed by atoms with Crippen molar-refractivity contribution in [3.63, 3.8) is 0 Å². The summed E-state index contributed by atoms with van der Waals surface area (Å²) in [4.78, 5) is 26.9. The van der Waals surface area contributed by atoms with Crippen LogP contribution in [0.15, 0.2) is 48.5 Å². The molecule has 2 N–H and O–H groups in total. The zero-order valence-electron chi connectivity index (χ0n) is 16.0. The topological polar surface area (TPSA) is 53.9 Å². The van der Waals surface area contributed by atoms with E-state index >= 15 is 0 Å². The highest BCUT2D eigenvalue weighted by Gasteiger charge is 2.15. The minimum Gasteiger partial charge on any atom is -0.355 e. The summed E-state index contributed by atoms with van der Waals surface area (Å²) in [6.07, 6.45) is 0. The first-order valence-corrected chi connectivity index (χ1v) is 8.81. The van der Waals surface area contributed by atoms with Crippen LogP contribution in [0.5, 0.6) is 0 Å². The number of rotatable bonds is 7. The number of amides is 2. The average Bonchev–Trinajstić information content (AvgIpc) is 2.63. The Morgan fingerprint density at radius 3 is 2.15 bits per heavy atom. The quantitative estimate of drug-likeness (QED) is 0.780. The smallest absolute Gasteiger partial charge is 0.277 e. The summed E-state index contributed by atoms with van der Waals surface area (Å²) in [5, 5.41) is 2.61. The van der Waals surface area contributed by atoms with Gasteiger partial charge in [0, 0.05) is 31.8 Å². The van der Waals surface area contributed by atoms with Gasteiger partial charge in [-0.2, -0.15) is 0 Å². The van der Waals surface area contributed by atoms with E-state index in [0.29, 0.717) is 18.7 Å². The zero-order valence-corrected chi connectivity index (χ0v) is 16.0. The molecule has 0 aliphatic carbocycles. The molecule has 0 spiro atoms. The van der Waals surface area contributed by atoms with Gasteiger partial charge in [0.15, 0.2) is 6.54 Å². The van der Waals surface area contributed by atoms with Crippen LogP contribution in [0.2, 0.25) is 0 Å². The standard InChI is InChI=1S/C21H27N3O2/c1-16-5-7-18(8-6-16)14-24(4)20(25)15-23(3)13-17-9-11-19(12-10-17)21(26)22-2/h5-12H,13-15H2,1-4H3,(H,22,26)/p+1. The molecule has 2 aromatic carbocycles. The highest BCUT2D eigenvalue weighted by Crippen LogP contribution is 2.06. The van der Waals surface area contributed by atoms with E-state index in [4.69, 9.17) is 0 Å². The number of carbonyl (C=O) groups excluding carboxylic acids is 2. The lowest BCUT2D eigenvalue weighted by Crippen LogP contribution is -3.08. The summed E-state index contributed by atoms with van der Waals surface area (Å²) in [6, 6.07) is 15.7. The van der Waals surface area contributed by atoms with Crippen molar-refractivity contribution in [2.24, 2.45) is 0 Å². The molecule has 0 radical (unpaired) electrons. The van der Waals surface area contributed by atoms with Crippen molar-refractivity contribution < 1.29 is 14.5 Å². The third-order valence-corrected chi connectivity index (χ3v) is 4.37. The van der Waals surface area contributed by atoms with Crippen LogP contribution in [0, 0.1) is 6.92 Å². The van der Waals surface area contributed by atoms with Gasteiger partial charge in [0.1, 0.15) is 6.54 Å². The molecule has 138 valence electrons. The molecule has 1 unspecified atom stereocenters. The molecule has 26 heavy (non-hydrogen) atoms. The third-order valence-electron chi connectivity index (χ3n) is 4.37. The first-order valence-electron chi connectivity index (χ1n) is 8.81. The highest BCUT2D eigenvalue weighted by molar-refractivity contribution is 5.93. The van der Waals surface area contributed by atoms with Crippen molar-refractivity contribution in [3.8, 4) is 0 Å². The van der Waals surface area contributed by atoms with Crippen LogP contribution in [-0.4, -0.2) is 44.4 Å². The van der Waals surface area contributed by atoms with Crippen LogP contribution >= 0.6 is 0 Å². The zero-order chi connectivity index (χ0) is 19.1. The Labute approximate surface area is 155 Å². The molecule has 2 aromatic rings. The molecular formula is C21H28N3O2+. The number of hydrogen-bond donors (Lipinski definition) is 2. The summed E-state index contributed by atoms with van der Waals surface area (Å²) in [6.45, 7) is 3.84. The van der Waals surface area contributed by atoms with Gasteiger partial charge in [0.05, 0.1) is 7.05 Å². The molecule has 0 aliphatic heterocycles. The Hall–Kier alpha value is -2.66. The molecule has 1 atom stereocenters. The molecule has 0 saturated heterocycles. The first-order chi connectivity index (χ1) is 12.4. The average molecular weight is 354 g/mol. The largest absolute Gasteiger partial charge is 0.355 e. The van der Waals surface area contributed by atoms with Crippen LogP contribution in [0.3, 0.4) is 0 Å². The molecule has 0 aliphatic rings. The number of likely N-dealkylation sites (N-methyl/N-ethyl adjacent to an activating group) is 2. The van der Waals surface area contributed by atoms with Crippen molar-refractivity contribution in [2.45, 2.75) is 20.0 Å². The Kier molecular flexibility index (Phi) is 6.92. The van der Waals surface area contributed by atoms with E-state index < -0.39 is 0 Å². The second-order valence-electron chi connectivity index (χ2n) is 6.82. The van der Waals surface area contributed by atoms with Crippen molar-refractivity contribution >= 4 is 11.8 Å². The Morgan fingerprint density at radius 1 is 1.00 bits per heavy atom. The van der Waals surface area contributed by atoms with Gasteiger partial charge < -0.3 is 15.1 Å². The number of quaternary nitrogens is 1. The lowest BCUT2D eigenvalue weighted by molar-refractivity contribution is -0.885. The Bertz CT molecular complexity index is 739. The minimum absolute atomic E-state index is 0.0924. The molecule has 0 fully saturated rings. The molecule has 0 heterocycles. The predicted molar refractivity (Wildman–Crippen MR) is 103 cm³/mol. The Balaban J connectivity index is 1.85. The van der Waals surface area contributed by atoms with Gasteiger partial charge in [-0.25, -0.2) is 0 Å². The van der Waals surface area contributed by atoms with Gasteiger partial charge in [0.2, 0.25) is 0 Å². The van der Waals surface area contributed by atoms with Crippen LogP contribution in [0.25, 0.3) is 0 Å². The highest BCUT2D eigenvalue weighted by atomic mass is 16.2. The maximum atomic E-state index is 12.4. The number of nitrogens with one attached hydrogen (secondary N) is 2. The molecule has 0 bridgehead atoms. The molecular weight excluding hydrogens is 326 g/mol.